The second-order valence-electron chi connectivity index (χ2n) is 2.08. The van der Waals surface area contributed by atoms with E-state index in [9.17, 15) is 8.78 Å². The van der Waals surface area contributed by atoms with E-state index in [0.717, 1.165) is 0 Å². The fraction of sp³-hybridized carbons (Fsp3) is 0.857. The van der Waals surface area contributed by atoms with Gasteiger partial charge in [0, 0.05) is 0 Å². The summed E-state index contributed by atoms with van der Waals surface area (Å²) in [5.74, 6) is 0. The smallest absolute Gasteiger partial charge is 0.131 e. The summed E-state index contributed by atoms with van der Waals surface area (Å²) in [6.07, 6.45) is -1.60. The van der Waals surface area contributed by atoms with Crippen molar-refractivity contribution < 1.29 is 8.78 Å². The lowest BCUT2D eigenvalue weighted by Crippen LogP contribution is -2.15. The van der Waals surface area contributed by atoms with Crippen LogP contribution in [0.25, 0.3) is 0 Å². The van der Waals surface area contributed by atoms with Gasteiger partial charge in [0.2, 0.25) is 0 Å². The molecule has 0 amide bonds. The minimum absolute atomic E-state index is 0.245. The van der Waals surface area contributed by atoms with Crippen LogP contribution in [0.15, 0.2) is 0 Å². The van der Waals surface area contributed by atoms with Crippen molar-refractivity contribution in [2.24, 2.45) is 0 Å². The summed E-state index contributed by atoms with van der Waals surface area (Å²) in [5.41, 5.74) is 0. The van der Waals surface area contributed by atoms with E-state index < -0.39 is 12.3 Å². The summed E-state index contributed by atoms with van der Waals surface area (Å²) in [7, 11) is 0. The Labute approximate surface area is 55.3 Å². The summed E-state index contributed by atoms with van der Waals surface area (Å²) < 4.78 is 24.7. The monoisotopic (exact) mass is 135 g/mol. The van der Waals surface area contributed by atoms with Gasteiger partial charge in [0.1, 0.15) is 12.3 Å². The molecule has 0 saturated heterocycles. The fourth-order valence-electron chi connectivity index (χ4n) is 0.632. The van der Waals surface area contributed by atoms with Crippen molar-refractivity contribution in [1.82, 2.24) is 0 Å². The van der Waals surface area contributed by atoms with Gasteiger partial charge in [0.25, 0.3) is 0 Å². The molecule has 55 valence electrons. The topological polar surface area (TPSA) is 0 Å². The van der Waals surface area contributed by atoms with Crippen molar-refractivity contribution in [3.8, 4) is 0 Å². The first kappa shape index (κ1) is 8.86. The Morgan fingerprint density at radius 3 is 2.22 bits per heavy atom. The highest BCUT2D eigenvalue weighted by Gasteiger charge is 2.16. The molecule has 2 atom stereocenters. The predicted octanol–water partition coefficient (Wildman–Crippen LogP) is 2.69. The summed E-state index contributed by atoms with van der Waals surface area (Å²) >= 11 is 0. The second-order valence-corrected chi connectivity index (χ2v) is 2.08. The molecule has 0 rings (SSSR count). The molecule has 0 aromatic carbocycles. The third-order valence-corrected chi connectivity index (χ3v) is 1.26. The number of halogens is 2. The Bertz CT molecular complexity index is 63.9. The van der Waals surface area contributed by atoms with Gasteiger partial charge in [-0.2, -0.15) is 0 Å². The van der Waals surface area contributed by atoms with Crippen LogP contribution in [-0.4, -0.2) is 12.3 Å². The quantitative estimate of drug-likeness (QED) is 0.556. The third kappa shape index (κ3) is 3.44. The molecule has 0 spiro atoms. The van der Waals surface area contributed by atoms with Gasteiger partial charge in [-0.3, -0.25) is 0 Å². The standard InChI is InChI=1S/C7H13F2/c1-3-5-7(9)6(8)4-2/h6-7H,1,3-5H2,2H3/t6?,7-/m0/s1. The van der Waals surface area contributed by atoms with Crippen LogP contribution in [0.5, 0.6) is 0 Å². The van der Waals surface area contributed by atoms with Gasteiger partial charge in [-0.25, -0.2) is 8.78 Å². The van der Waals surface area contributed by atoms with Gasteiger partial charge >= 0.3 is 0 Å². The lowest BCUT2D eigenvalue weighted by molar-refractivity contribution is 0.155. The summed E-state index contributed by atoms with van der Waals surface area (Å²) in [5, 5.41) is 0. The zero-order chi connectivity index (χ0) is 7.28. The van der Waals surface area contributed by atoms with E-state index >= 15 is 0 Å². The van der Waals surface area contributed by atoms with E-state index in [1.54, 1.807) is 6.92 Å². The van der Waals surface area contributed by atoms with Gasteiger partial charge in [-0.05, 0) is 12.8 Å². The van der Waals surface area contributed by atoms with Gasteiger partial charge < -0.3 is 0 Å². The molecule has 0 aromatic rings. The zero-order valence-electron chi connectivity index (χ0n) is 5.74. The van der Waals surface area contributed by atoms with E-state index in [0.29, 0.717) is 6.42 Å². The lowest BCUT2D eigenvalue weighted by atomic mass is 10.1. The van der Waals surface area contributed by atoms with Crippen LogP contribution in [0.2, 0.25) is 0 Å². The highest BCUT2D eigenvalue weighted by atomic mass is 19.2. The van der Waals surface area contributed by atoms with Crippen molar-refractivity contribution >= 4 is 0 Å². The zero-order valence-corrected chi connectivity index (χ0v) is 5.74. The summed E-state index contributed by atoms with van der Waals surface area (Å²) in [6, 6.07) is 0. The Morgan fingerprint density at radius 1 is 1.33 bits per heavy atom. The molecule has 0 heterocycles. The van der Waals surface area contributed by atoms with Crippen LogP contribution in [0.4, 0.5) is 8.78 Å². The molecule has 1 unspecified atom stereocenters. The maximum Gasteiger partial charge on any atom is 0.131 e. The van der Waals surface area contributed by atoms with E-state index in [-0.39, 0.29) is 12.8 Å². The summed E-state index contributed by atoms with van der Waals surface area (Å²) in [4.78, 5) is 0. The van der Waals surface area contributed by atoms with Crippen molar-refractivity contribution in [3.63, 3.8) is 0 Å². The van der Waals surface area contributed by atoms with E-state index in [1.807, 2.05) is 0 Å². The van der Waals surface area contributed by atoms with Crippen molar-refractivity contribution in [2.45, 2.75) is 38.5 Å². The van der Waals surface area contributed by atoms with Crippen LogP contribution < -0.4 is 0 Å². The van der Waals surface area contributed by atoms with Crippen LogP contribution in [0, 0.1) is 6.92 Å². The van der Waals surface area contributed by atoms with Crippen LogP contribution in [0.1, 0.15) is 26.2 Å². The number of alkyl halides is 2. The molecule has 1 radical (unpaired) electrons. The van der Waals surface area contributed by atoms with Crippen molar-refractivity contribution in [2.75, 3.05) is 0 Å². The number of hydrogen-bond donors (Lipinski definition) is 0. The molecule has 0 saturated carbocycles. The number of rotatable bonds is 4. The maximum absolute atomic E-state index is 12.4. The van der Waals surface area contributed by atoms with Crippen molar-refractivity contribution in [1.29, 1.82) is 0 Å². The first-order chi connectivity index (χ1) is 4.22. The lowest BCUT2D eigenvalue weighted by Gasteiger charge is -2.08. The molecule has 0 fully saturated rings. The van der Waals surface area contributed by atoms with Gasteiger partial charge in [0.05, 0.1) is 0 Å². The number of hydrogen-bond acceptors (Lipinski definition) is 0. The molecule has 0 aromatic heterocycles. The fourth-order valence-corrected chi connectivity index (χ4v) is 0.632. The average Bonchev–Trinajstić information content (AvgIpc) is 1.87. The Hall–Kier alpha value is -0.140. The first-order valence-electron chi connectivity index (χ1n) is 3.29. The van der Waals surface area contributed by atoms with Gasteiger partial charge in [0.15, 0.2) is 0 Å². The first-order valence-corrected chi connectivity index (χ1v) is 3.29. The normalized spacial score (nSPS) is 17.3. The van der Waals surface area contributed by atoms with Crippen LogP contribution >= 0.6 is 0 Å². The molecule has 0 nitrogen and oxygen atoms in total. The highest BCUT2D eigenvalue weighted by molar-refractivity contribution is 4.66. The summed E-state index contributed by atoms with van der Waals surface area (Å²) in [6.45, 7) is 5.07. The minimum atomic E-state index is -1.30. The Morgan fingerprint density at radius 2 is 1.89 bits per heavy atom. The van der Waals surface area contributed by atoms with E-state index in [1.165, 1.54) is 0 Å². The molecule has 0 N–H and O–H groups in total. The van der Waals surface area contributed by atoms with Crippen molar-refractivity contribution in [3.05, 3.63) is 6.92 Å². The molecule has 0 aliphatic heterocycles. The minimum Gasteiger partial charge on any atom is -0.244 e. The van der Waals surface area contributed by atoms with Crippen LogP contribution in [0.3, 0.4) is 0 Å². The van der Waals surface area contributed by atoms with Crippen LogP contribution in [-0.2, 0) is 0 Å². The molecular formula is C7H13F2. The molecular weight excluding hydrogens is 122 g/mol. The van der Waals surface area contributed by atoms with Gasteiger partial charge in [-0.1, -0.05) is 20.3 Å². The van der Waals surface area contributed by atoms with E-state index in [2.05, 4.69) is 6.92 Å². The van der Waals surface area contributed by atoms with E-state index in [4.69, 9.17) is 0 Å². The molecule has 2 heteroatoms. The van der Waals surface area contributed by atoms with Gasteiger partial charge in [-0.15, -0.1) is 0 Å². The largest absolute Gasteiger partial charge is 0.244 e. The average molecular weight is 135 g/mol. The molecule has 0 aliphatic rings. The second kappa shape index (κ2) is 4.71. The Balaban J connectivity index is 3.32. The predicted molar refractivity (Wildman–Crippen MR) is 34.7 cm³/mol. The molecule has 0 aliphatic carbocycles. The maximum atomic E-state index is 12.4. The Kier molecular flexibility index (Phi) is 4.64. The highest BCUT2D eigenvalue weighted by Crippen LogP contribution is 2.12. The molecule has 0 bridgehead atoms. The molecule has 9 heavy (non-hydrogen) atoms. The SMILES string of the molecule is [CH2]CC[C@H](F)C(F)CC. The third-order valence-electron chi connectivity index (χ3n) is 1.26.